The Kier molecular flexibility index (Phi) is 6.29. The average molecular weight is 464 g/mol. The number of carbonyl (C=O) groups is 1. The van der Waals surface area contributed by atoms with E-state index in [0.717, 1.165) is 29.2 Å². The van der Waals surface area contributed by atoms with Crippen molar-refractivity contribution in [3.63, 3.8) is 0 Å². The van der Waals surface area contributed by atoms with E-state index >= 15 is 0 Å². The molecule has 2 heterocycles. The number of piperidine rings is 1. The summed E-state index contributed by atoms with van der Waals surface area (Å²) in [6.45, 7) is 2.40. The molecular weight excluding hydrogens is 438 g/mol. The highest BCUT2D eigenvalue weighted by molar-refractivity contribution is 7.92. The minimum atomic E-state index is -3.60. The fraction of sp³-hybridized carbons (Fsp3) is 0.409. The summed E-state index contributed by atoms with van der Waals surface area (Å²) >= 11 is 6.01. The predicted octanol–water partition coefficient (Wildman–Crippen LogP) is 3.17. The van der Waals surface area contributed by atoms with Gasteiger partial charge in [-0.2, -0.15) is 0 Å². The average Bonchev–Trinajstić information content (AvgIpc) is 2.77. The first-order chi connectivity index (χ1) is 14.8. The van der Waals surface area contributed by atoms with Gasteiger partial charge in [0.1, 0.15) is 5.75 Å². The number of hydrogen-bond donors (Lipinski definition) is 1. The van der Waals surface area contributed by atoms with Gasteiger partial charge in [-0.1, -0.05) is 23.7 Å². The van der Waals surface area contributed by atoms with Crippen LogP contribution in [0.4, 0.5) is 11.4 Å². The highest BCUT2D eigenvalue weighted by Crippen LogP contribution is 2.37. The molecule has 4 rings (SSSR count). The van der Waals surface area contributed by atoms with Crippen LogP contribution in [0.1, 0.15) is 24.8 Å². The molecule has 1 fully saturated rings. The minimum Gasteiger partial charge on any atom is -0.476 e. The van der Waals surface area contributed by atoms with Gasteiger partial charge in [-0.3, -0.25) is 9.10 Å². The summed E-state index contributed by atoms with van der Waals surface area (Å²) in [6.07, 6.45) is 3.88. The molecule has 1 amide bonds. The van der Waals surface area contributed by atoms with Crippen molar-refractivity contribution in [2.45, 2.75) is 31.9 Å². The van der Waals surface area contributed by atoms with Crippen molar-refractivity contribution in [3.8, 4) is 5.75 Å². The van der Waals surface area contributed by atoms with Crippen LogP contribution < -0.4 is 19.3 Å². The van der Waals surface area contributed by atoms with Crippen LogP contribution in [0.25, 0.3) is 0 Å². The lowest BCUT2D eigenvalue weighted by Crippen LogP contribution is -2.50. The molecule has 0 aliphatic carbocycles. The number of amides is 1. The van der Waals surface area contributed by atoms with Gasteiger partial charge in [-0.25, -0.2) is 8.42 Å². The van der Waals surface area contributed by atoms with Crippen molar-refractivity contribution in [1.82, 2.24) is 5.32 Å². The van der Waals surface area contributed by atoms with Gasteiger partial charge in [0, 0.05) is 30.3 Å². The molecule has 0 spiro atoms. The molecule has 9 heteroatoms. The monoisotopic (exact) mass is 463 g/mol. The molecule has 0 radical (unpaired) electrons. The van der Waals surface area contributed by atoms with Crippen molar-refractivity contribution in [2.75, 3.05) is 35.1 Å². The topological polar surface area (TPSA) is 79.0 Å². The molecular formula is C22H26ClN3O4S. The van der Waals surface area contributed by atoms with Crippen LogP contribution in [0.15, 0.2) is 42.5 Å². The van der Waals surface area contributed by atoms with E-state index in [1.807, 2.05) is 12.1 Å². The van der Waals surface area contributed by atoms with E-state index in [1.54, 1.807) is 12.1 Å². The van der Waals surface area contributed by atoms with E-state index in [2.05, 4.69) is 22.3 Å². The quantitative estimate of drug-likeness (QED) is 0.736. The molecule has 31 heavy (non-hydrogen) atoms. The van der Waals surface area contributed by atoms with Crippen LogP contribution in [-0.4, -0.2) is 46.3 Å². The van der Waals surface area contributed by atoms with Gasteiger partial charge in [0.05, 0.1) is 18.5 Å². The van der Waals surface area contributed by atoms with Crippen molar-refractivity contribution in [3.05, 3.63) is 53.1 Å². The van der Waals surface area contributed by atoms with Gasteiger partial charge in [0.15, 0.2) is 6.10 Å². The number of benzene rings is 2. The Morgan fingerprint density at radius 3 is 2.52 bits per heavy atom. The zero-order valence-electron chi connectivity index (χ0n) is 17.4. The van der Waals surface area contributed by atoms with Crippen LogP contribution in [0.5, 0.6) is 5.75 Å². The van der Waals surface area contributed by atoms with Crippen molar-refractivity contribution < 1.29 is 17.9 Å². The Labute approximate surface area is 188 Å². The van der Waals surface area contributed by atoms with Gasteiger partial charge in [0.25, 0.3) is 5.91 Å². The number of sulfonamides is 1. The standard InChI is InChI=1S/C22H26ClN3O4S/c1-31(28,29)26-15-21(30-20-10-7-17(23)13-19(20)26)22(27)24-14-16-5-8-18(9-6-16)25-11-3-2-4-12-25/h5-10,13,21H,2-4,11-12,14-15H2,1H3,(H,24,27)/t21-/m1/s1. The van der Waals surface area contributed by atoms with Crippen molar-refractivity contribution >= 4 is 38.9 Å². The van der Waals surface area contributed by atoms with E-state index in [9.17, 15) is 13.2 Å². The SMILES string of the molecule is CS(=O)(=O)N1C[C@H](C(=O)NCc2ccc(N3CCCCC3)cc2)Oc2ccc(Cl)cc21. The highest BCUT2D eigenvalue weighted by Gasteiger charge is 2.35. The molecule has 7 nitrogen and oxygen atoms in total. The maximum Gasteiger partial charge on any atom is 0.263 e. The number of rotatable bonds is 5. The lowest BCUT2D eigenvalue weighted by Gasteiger charge is -2.34. The van der Waals surface area contributed by atoms with E-state index < -0.39 is 16.1 Å². The lowest BCUT2D eigenvalue weighted by molar-refractivity contribution is -0.127. The van der Waals surface area contributed by atoms with E-state index in [1.165, 1.54) is 31.0 Å². The van der Waals surface area contributed by atoms with Crippen LogP contribution >= 0.6 is 11.6 Å². The summed E-state index contributed by atoms with van der Waals surface area (Å²) in [5, 5.41) is 3.25. The Hall–Kier alpha value is -2.45. The molecule has 2 aromatic carbocycles. The summed E-state index contributed by atoms with van der Waals surface area (Å²) in [4.78, 5) is 15.1. The number of ether oxygens (including phenoxy) is 1. The molecule has 2 aliphatic heterocycles. The number of halogens is 1. The number of nitrogens with zero attached hydrogens (tertiary/aromatic N) is 2. The highest BCUT2D eigenvalue weighted by atomic mass is 35.5. The van der Waals surface area contributed by atoms with E-state index in [-0.39, 0.29) is 12.5 Å². The second-order valence-corrected chi connectivity index (χ2v) is 10.3. The first-order valence-corrected chi connectivity index (χ1v) is 12.6. The zero-order valence-corrected chi connectivity index (χ0v) is 19.0. The fourth-order valence-corrected chi connectivity index (χ4v) is 5.03. The molecule has 1 N–H and O–H groups in total. The normalized spacial score (nSPS) is 18.8. The minimum absolute atomic E-state index is 0.105. The third-order valence-electron chi connectivity index (χ3n) is 5.61. The van der Waals surface area contributed by atoms with E-state index in [4.69, 9.17) is 16.3 Å². The van der Waals surface area contributed by atoms with Crippen LogP contribution in [0, 0.1) is 0 Å². The summed E-state index contributed by atoms with van der Waals surface area (Å²) in [6, 6.07) is 12.9. The molecule has 2 aromatic rings. The zero-order chi connectivity index (χ0) is 22.0. The van der Waals surface area contributed by atoms with Crippen molar-refractivity contribution in [1.29, 1.82) is 0 Å². The number of fused-ring (bicyclic) bond motifs is 1. The second kappa shape index (κ2) is 8.96. The van der Waals surface area contributed by atoms with Crippen LogP contribution in [0.2, 0.25) is 5.02 Å². The maximum atomic E-state index is 12.7. The van der Waals surface area contributed by atoms with Gasteiger partial charge >= 0.3 is 0 Å². The van der Waals surface area contributed by atoms with Gasteiger partial charge in [-0.15, -0.1) is 0 Å². The summed E-state index contributed by atoms with van der Waals surface area (Å²) < 4.78 is 31.5. The smallest absolute Gasteiger partial charge is 0.263 e. The largest absolute Gasteiger partial charge is 0.476 e. The third kappa shape index (κ3) is 5.07. The molecule has 0 saturated carbocycles. The molecule has 0 aromatic heterocycles. The molecule has 2 aliphatic rings. The third-order valence-corrected chi connectivity index (χ3v) is 6.99. The fourth-order valence-electron chi connectivity index (χ4n) is 3.95. The molecule has 0 bridgehead atoms. The summed E-state index contributed by atoms with van der Waals surface area (Å²) in [5.74, 6) is -0.0542. The maximum absolute atomic E-state index is 12.7. The van der Waals surface area contributed by atoms with Crippen LogP contribution in [0.3, 0.4) is 0 Å². The predicted molar refractivity (Wildman–Crippen MR) is 122 cm³/mol. The summed E-state index contributed by atoms with van der Waals surface area (Å²) in [5.41, 5.74) is 2.51. The van der Waals surface area contributed by atoms with Gasteiger partial charge in [0.2, 0.25) is 10.0 Å². The Bertz CT molecular complexity index is 1050. The molecule has 0 unspecified atom stereocenters. The second-order valence-electron chi connectivity index (χ2n) is 7.94. The van der Waals surface area contributed by atoms with E-state index in [0.29, 0.717) is 23.0 Å². The van der Waals surface area contributed by atoms with Gasteiger partial charge < -0.3 is 15.0 Å². The van der Waals surface area contributed by atoms with Gasteiger partial charge in [-0.05, 0) is 55.2 Å². The Morgan fingerprint density at radius 1 is 1.13 bits per heavy atom. The Morgan fingerprint density at radius 2 is 1.84 bits per heavy atom. The molecule has 166 valence electrons. The van der Waals surface area contributed by atoms with Crippen molar-refractivity contribution in [2.24, 2.45) is 0 Å². The number of hydrogen-bond acceptors (Lipinski definition) is 5. The Balaban J connectivity index is 1.41. The lowest BCUT2D eigenvalue weighted by atomic mass is 10.1. The summed E-state index contributed by atoms with van der Waals surface area (Å²) in [7, 11) is -3.60. The number of carbonyl (C=O) groups excluding carboxylic acids is 1. The molecule has 1 saturated heterocycles. The number of nitrogens with one attached hydrogen (secondary N) is 1. The van der Waals surface area contributed by atoms with Crippen LogP contribution in [-0.2, 0) is 21.4 Å². The number of anilines is 2. The first kappa shape index (κ1) is 21.8. The molecule has 1 atom stereocenters. The first-order valence-electron chi connectivity index (χ1n) is 10.4.